The van der Waals surface area contributed by atoms with Crippen molar-refractivity contribution in [3.05, 3.63) is 16.1 Å². The molecule has 0 spiro atoms. The van der Waals surface area contributed by atoms with Gasteiger partial charge in [0.25, 0.3) is 0 Å². The van der Waals surface area contributed by atoms with Gasteiger partial charge in [-0.3, -0.25) is 4.79 Å². The van der Waals surface area contributed by atoms with E-state index in [1.807, 2.05) is 0 Å². The van der Waals surface area contributed by atoms with E-state index in [-0.39, 0.29) is 11.8 Å². The van der Waals surface area contributed by atoms with E-state index in [9.17, 15) is 4.79 Å². The molecule has 2 atom stereocenters. The summed E-state index contributed by atoms with van der Waals surface area (Å²) in [4.78, 5) is 16.7. The third kappa shape index (κ3) is 3.34. The average molecular weight is 279 g/mol. The molecule has 1 saturated carbocycles. The van der Waals surface area contributed by atoms with Crippen LogP contribution in [0.15, 0.2) is 5.38 Å². The fourth-order valence-electron chi connectivity index (χ4n) is 2.65. The first-order chi connectivity index (χ1) is 9.22. The molecule has 2 aliphatic rings. The van der Waals surface area contributed by atoms with Crippen LogP contribution in [0.2, 0.25) is 0 Å². The lowest BCUT2D eigenvalue weighted by atomic mass is 9.92. The van der Waals surface area contributed by atoms with Crippen molar-refractivity contribution in [2.24, 2.45) is 5.92 Å². The number of aromatic nitrogens is 1. The fourth-order valence-corrected chi connectivity index (χ4v) is 3.47. The van der Waals surface area contributed by atoms with Crippen molar-refractivity contribution in [2.45, 2.75) is 51.1 Å². The van der Waals surface area contributed by atoms with E-state index < -0.39 is 0 Å². The van der Waals surface area contributed by atoms with Gasteiger partial charge in [0.15, 0.2) is 0 Å². The number of carbonyl (C=O) groups is 1. The maximum Gasteiger partial charge on any atom is 0.223 e. The summed E-state index contributed by atoms with van der Waals surface area (Å²) in [6.07, 6.45) is 4.45. The first-order valence-electron chi connectivity index (χ1n) is 7.18. The van der Waals surface area contributed by atoms with Crippen LogP contribution in [0.4, 0.5) is 0 Å². The average Bonchev–Trinajstić information content (AvgIpc) is 3.15. The largest absolute Gasteiger partial charge is 0.349 e. The van der Waals surface area contributed by atoms with E-state index in [1.165, 1.54) is 18.5 Å². The van der Waals surface area contributed by atoms with Crippen LogP contribution >= 0.6 is 11.3 Å². The molecule has 0 unspecified atom stereocenters. The number of nitrogens with one attached hydrogen (secondary N) is 2. The van der Waals surface area contributed by atoms with Gasteiger partial charge < -0.3 is 10.6 Å². The highest BCUT2D eigenvalue weighted by atomic mass is 32.1. The highest BCUT2D eigenvalue weighted by Gasteiger charge is 2.27. The maximum atomic E-state index is 12.1. The predicted octanol–water partition coefficient (Wildman–Crippen LogP) is 2.02. The van der Waals surface area contributed by atoms with E-state index in [4.69, 9.17) is 0 Å². The molecule has 0 radical (unpaired) electrons. The zero-order valence-corrected chi connectivity index (χ0v) is 12.1. The van der Waals surface area contributed by atoms with Crippen molar-refractivity contribution < 1.29 is 4.79 Å². The standard InChI is InChI=1S/C14H21N3OS/c1-9-6-11(4-5-15-9)14(18)16-7-13-17-12(8-19-13)10-2-3-10/h8-11,15H,2-7H2,1H3,(H,16,18)/t9-,11-/m0/s1. The number of thiazole rings is 1. The van der Waals surface area contributed by atoms with E-state index in [2.05, 4.69) is 27.9 Å². The van der Waals surface area contributed by atoms with Crippen LogP contribution < -0.4 is 10.6 Å². The van der Waals surface area contributed by atoms with Gasteiger partial charge in [-0.25, -0.2) is 4.98 Å². The van der Waals surface area contributed by atoms with E-state index in [0.29, 0.717) is 18.5 Å². The molecular weight excluding hydrogens is 258 g/mol. The van der Waals surface area contributed by atoms with Crippen LogP contribution in [0.1, 0.15) is 49.2 Å². The summed E-state index contributed by atoms with van der Waals surface area (Å²) >= 11 is 1.67. The summed E-state index contributed by atoms with van der Waals surface area (Å²) in [6, 6.07) is 0.450. The molecule has 1 aliphatic heterocycles. The van der Waals surface area contributed by atoms with Crippen LogP contribution in [0.25, 0.3) is 0 Å². The Morgan fingerprint density at radius 2 is 2.37 bits per heavy atom. The topological polar surface area (TPSA) is 54.0 Å². The minimum atomic E-state index is 0.166. The lowest BCUT2D eigenvalue weighted by molar-refractivity contribution is -0.126. The van der Waals surface area contributed by atoms with Gasteiger partial charge in [-0.2, -0.15) is 0 Å². The monoisotopic (exact) mass is 279 g/mol. The molecule has 2 N–H and O–H groups in total. The van der Waals surface area contributed by atoms with Gasteiger partial charge in [0.05, 0.1) is 12.2 Å². The van der Waals surface area contributed by atoms with Crippen LogP contribution in [-0.4, -0.2) is 23.5 Å². The smallest absolute Gasteiger partial charge is 0.223 e. The second-order valence-electron chi connectivity index (χ2n) is 5.73. The Hall–Kier alpha value is -0.940. The third-order valence-corrected chi connectivity index (χ3v) is 4.84. The number of piperidine rings is 1. The van der Waals surface area contributed by atoms with Gasteiger partial charge >= 0.3 is 0 Å². The molecule has 104 valence electrons. The van der Waals surface area contributed by atoms with Crippen molar-refractivity contribution >= 4 is 17.2 Å². The van der Waals surface area contributed by atoms with Crippen molar-refractivity contribution in [1.82, 2.24) is 15.6 Å². The van der Waals surface area contributed by atoms with Gasteiger partial charge in [0, 0.05) is 23.3 Å². The van der Waals surface area contributed by atoms with Crippen molar-refractivity contribution in [1.29, 1.82) is 0 Å². The lowest BCUT2D eigenvalue weighted by Gasteiger charge is -2.26. The first kappa shape index (κ1) is 13.1. The Morgan fingerprint density at radius 1 is 1.53 bits per heavy atom. The molecule has 1 aromatic heterocycles. The first-order valence-corrected chi connectivity index (χ1v) is 8.05. The summed E-state index contributed by atoms with van der Waals surface area (Å²) < 4.78 is 0. The van der Waals surface area contributed by atoms with Crippen LogP contribution in [0.3, 0.4) is 0 Å². The Kier molecular flexibility index (Phi) is 3.84. The van der Waals surface area contributed by atoms with Gasteiger partial charge in [-0.15, -0.1) is 11.3 Å². The highest BCUT2D eigenvalue weighted by molar-refractivity contribution is 7.09. The zero-order chi connectivity index (χ0) is 13.2. The molecule has 1 aromatic rings. The molecule has 1 saturated heterocycles. The number of carbonyl (C=O) groups excluding carboxylic acids is 1. The molecular formula is C14H21N3OS. The van der Waals surface area contributed by atoms with Gasteiger partial charge in [-0.05, 0) is 39.2 Å². The molecule has 0 aromatic carbocycles. The molecule has 0 bridgehead atoms. The second-order valence-corrected chi connectivity index (χ2v) is 6.68. The Balaban J connectivity index is 1.48. The van der Waals surface area contributed by atoms with Crippen molar-refractivity contribution in [3.63, 3.8) is 0 Å². The zero-order valence-electron chi connectivity index (χ0n) is 11.3. The van der Waals surface area contributed by atoms with Gasteiger partial charge in [-0.1, -0.05) is 0 Å². The quantitative estimate of drug-likeness (QED) is 0.886. The molecule has 19 heavy (non-hydrogen) atoms. The number of rotatable bonds is 4. The normalized spacial score (nSPS) is 27.2. The minimum absolute atomic E-state index is 0.166. The molecule has 1 aliphatic carbocycles. The maximum absolute atomic E-state index is 12.1. The van der Waals surface area contributed by atoms with Crippen LogP contribution in [-0.2, 0) is 11.3 Å². The number of amides is 1. The fraction of sp³-hybridized carbons (Fsp3) is 0.714. The highest BCUT2D eigenvalue weighted by Crippen LogP contribution is 2.40. The Morgan fingerprint density at radius 3 is 3.11 bits per heavy atom. The summed E-state index contributed by atoms with van der Waals surface area (Å²) in [6.45, 7) is 3.68. The van der Waals surface area contributed by atoms with Gasteiger partial charge in [0.2, 0.25) is 5.91 Å². The predicted molar refractivity (Wildman–Crippen MR) is 76.1 cm³/mol. The summed E-state index contributed by atoms with van der Waals surface area (Å²) in [5, 5.41) is 9.60. The molecule has 1 amide bonds. The summed E-state index contributed by atoms with van der Waals surface area (Å²) in [5.41, 5.74) is 1.23. The molecule has 5 heteroatoms. The summed E-state index contributed by atoms with van der Waals surface area (Å²) in [7, 11) is 0. The summed E-state index contributed by atoms with van der Waals surface area (Å²) in [5.74, 6) is 1.06. The molecule has 3 rings (SSSR count). The Bertz CT molecular complexity index is 455. The van der Waals surface area contributed by atoms with Crippen molar-refractivity contribution in [2.75, 3.05) is 6.54 Å². The molecule has 4 nitrogen and oxygen atoms in total. The van der Waals surface area contributed by atoms with Gasteiger partial charge in [0.1, 0.15) is 5.01 Å². The number of hydrogen-bond donors (Lipinski definition) is 2. The molecule has 2 fully saturated rings. The number of hydrogen-bond acceptors (Lipinski definition) is 4. The lowest BCUT2D eigenvalue weighted by Crippen LogP contribution is -2.42. The van der Waals surface area contributed by atoms with Crippen LogP contribution in [0, 0.1) is 5.92 Å². The van der Waals surface area contributed by atoms with Crippen LogP contribution in [0.5, 0.6) is 0 Å². The van der Waals surface area contributed by atoms with E-state index >= 15 is 0 Å². The second kappa shape index (κ2) is 5.59. The minimum Gasteiger partial charge on any atom is -0.349 e. The SMILES string of the molecule is C[C@H]1C[C@@H](C(=O)NCc2nc(C3CC3)cs2)CCN1. The number of nitrogens with zero attached hydrogens (tertiary/aromatic N) is 1. The third-order valence-electron chi connectivity index (χ3n) is 3.97. The van der Waals surface area contributed by atoms with E-state index in [0.717, 1.165) is 24.4 Å². The van der Waals surface area contributed by atoms with E-state index in [1.54, 1.807) is 11.3 Å². The Labute approximate surface area is 118 Å². The molecule has 2 heterocycles. The van der Waals surface area contributed by atoms with Crippen molar-refractivity contribution in [3.8, 4) is 0 Å².